The first-order valence-corrected chi connectivity index (χ1v) is 8.24. The van der Waals surface area contributed by atoms with Crippen molar-refractivity contribution in [1.82, 2.24) is 0 Å². The minimum Gasteiger partial charge on any atom is -0.484 e. The summed E-state index contributed by atoms with van der Waals surface area (Å²) >= 11 is 0. The summed E-state index contributed by atoms with van der Waals surface area (Å²) in [6, 6.07) is 22.8. The first-order chi connectivity index (χ1) is 12.6. The number of non-ortho nitro benzene ring substituents is 1. The average Bonchev–Trinajstić information content (AvgIpc) is 2.68. The molecule has 1 aliphatic heterocycles. The summed E-state index contributed by atoms with van der Waals surface area (Å²) in [5.74, 6) is 0.0157. The van der Waals surface area contributed by atoms with Crippen molar-refractivity contribution in [1.29, 1.82) is 0 Å². The summed E-state index contributed by atoms with van der Waals surface area (Å²) in [6.07, 6.45) is -0.541. The van der Waals surface area contributed by atoms with Crippen LogP contribution in [0.4, 0.5) is 5.69 Å². The molecular weight excluding hydrogens is 330 g/mol. The van der Waals surface area contributed by atoms with Crippen molar-refractivity contribution in [2.45, 2.75) is 12.0 Å². The summed E-state index contributed by atoms with van der Waals surface area (Å²) < 4.78 is 6.17. The predicted octanol–water partition coefficient (Wildman–Crippen LogP) is 4.70. The van der Waals surface area contributed by atoms with Crippen LogP contribution in [-0.4, -0.2) is 10.7 Å². The van der Waals surface area contributed by atoms with Crippen molar-refractivity contribution in [3.8, 4) is 5.75 Å². The Morgan fingerprint density at radius 3 is 2.15 bits per heavy atom. The average molecular weight is 345 g/mol. The number of ketones is 1. The minimum absolute atomic E-state index is 0.00699. The summed E-state index contributed by atoms with van der Waals surface area (Å²) in [5, 5.41) is 10.9. The summed E-state index contributed by atoms with van der Waals surface area (Å²) in [4.78, 5) is 23.7. The van der Waals surface area contributed by atoms with Crippen molar-refractivity contribution in [2.24, 2.45) is 0 Å². The number of hydrogen-bond donors (Lipinski definition) is 0. The Balaban J connectivity index is 1.82. The molecule has 1 heterocycles. The van der Waals surface area contributed by atoms with Gasteiger partial charge in [-0.3, -0.25) is 14.9 Å². The summed E-state index contributed by atoms with van der Waals surface area (Å²) in [7, 11) is 0. The van der Waals surface area contributed by atoms with E-state index in [0.29, 0.717) is 11.3 Å². The zero-order chi connectivity index (χ0) is 18.1. The molecule has 0 saturated carbocycles. The summed E-state index contributed by atoms with van der Waals surface area (Å²) in [5.41, 5.74) is 2.15. The van der Waals surface area contributed by atoms with E-state index in [1.54, 1.807) is 24.3 Å². The lowest BCUT2D eigenvalue weighted by Gasteiger charge is -2.33. The Kier molecular flexibility index (Phi) is 3.97. The number of benzene rings is 3. The molecule has 5 nitrogen and oxygen atoms in total. The minimum atomic E-state index is -0.541. The first kappa shape index (κ1) is 16.0. The van der Waals surface area contributed by atoms with Crippen LogP contribution >= 0.6 is 0 Å². The molecule has 128 valence electrons. The fourth-order valence-electron chi connectivity index (χ4n) is 3.32. The van der Waals surface area contributed by atoms with Crippen LogP contribution in [0.1, 0.15) is 33.5 Å². The van der Waals surface area contributed by atoms with Gasteiger partial charge in [-0.05, 0) is 35.4 Å². The third kappa shape index (κ3) is 2.73. The second-order valence-electron chi connectivity index (χ2n) is 6.14. The van der Waals surface area contributed by atoms with Crippen molar-refractivity contribution in [2.75, 3.05) is 0 Å². The van der Waals surface area contributed by atoms with Crippen molar-refractivity contribution >= 4 is 11.5 Å². The van der Waals surface area contributed by atoms with Gasteiger partial charge in [0.25, 0.3) is 5.69 Å². The highest BCUT2D eigenvalue weighted by molar-refractivity contribution is 6.04. The van der Waals surface area contributed by atoms with Crippen molar-refractivity contribution in [3.63, 3.8) is 0 Å². The van der Waals surface area contributed by atoms with E-state index in [2.05, 4.69) is 0 Å². The van der Waals surface area contributed by atoms with Gasteiger partial charge in [0.15, 0.2) is 5.78 Å². The Bertz CT molecular complexity index is 967. The first-order valence-electron chi connectivity index (χ1n) is 8.24. The molecule has 0 fully saturated rings. The fourth-order valence-corrected chi connectivity index (χ4v) is 3.32. The lowest BCUT2D eigenvalue weighted by Crippen LogP contribution is -2.30. The highest BCUT2D eigenvalue weighted by atomic mass is 16.6. The smallest absolute Gasteiger partial charge is 0.269 e. The number of carbonyl (C=O) groups is 1. The van der Waals surface area contributed by atoms with E-state index in [0.717, 1.165) is 11.1 Å². The Labute approximate surface area is 150 Å². The van der Waals surface area contributed by atoms with Crippen LogP contribution in [0.3, 0.4) is 0 Å². The van der Waals surface area contributed by atoms with Gasteiger partial charge in [0.05, 0.1) is 16.4 Å². The van der Waals surface area contributed by atoms with Crippen LogP contribution in [0, 0.1) is 10.1 Å². The fraction of sp³-hybridized carbons (Fsp3) is 0.0952. The highest BCUT2D eigenvalue weighted by Gasteiger charge is 2.39. The number of nitrogens with zero attached hydrogens (tertiary/aromatic N) is 1. The van der Waals surface area contributed by atoms with E-state index in [1.807, 2.05) is 42.5 Å². The number of hydrogen-bond acceptors (Lipinski definition) is 4. The molecule has 26 heavy (non-hydrogen) atoms. The van der Waals surface area contributed by atoms with Crippen LogP contribution < -0.4 is 4.74 Å². The number of carbonyl (C=O) groups excluding carboxylic acids is 1. The summed E-state index contributed by atoms with van der Waals surface area (Å²) in [6.45, 7) is 0. The zero-order valence-electron chi connectivity index (χ0n) is 13.7. The van der Waals surface area contributed by atoms with E-state index < -0.39 is 16.9 Å². The maximum absolute atomic E-state index is 13.2. The molecule has 0 radical (unpaired) electrons. The molecule has 0 bridgehead atoms. The van der Waals surface area contributed by atoms with Gasteiger partial charge in [0, 0.05) is 12.1 Å². The molecule has 0 unspecified atom stereocenters. The third-order valence-electron chi connectivity index (χ3n) is 4.58. The second kappa shape index (κ2) is 6.44. The monoisotopic (exact) mass is 345 g/mol. The number of fused-ring (bicyclic) bond motifs is 1. The molecule has 1 aliphatic rings. The van der Waals surface area contributed by atoms with Gasteiger partial charge >= 0.3 is 0 Å². The predicted molar refractivity (Wildman–Crippen MR) is 96.4 cm³/mol. The van der Waals surface area contributed by atoms with Crippen molar-refractivity contribution < 1.29 is 14.5 Å². The number of nitro groups is 1. The number of rotatable bonds is 3. The van der Waals surface area contributed by atoms with Gasteiger partial charge in [-0.15, -0.1) is 0 Å². The zero-order valence-corrected chi connectivity index (χ0v) is 13.7. The molecule has 5 heteroatoms. The largest absolute Gasteiger partial charge is 0.484 e. The Morgan fingerprint density at radius 1 is 0.808 bits per heavy atom. The topological polar surface area (TPSA) is 69.4 Å². The second-order valence-corrected chi connectivity index (χ2v) is 6.14. The third-order valence-corrected chi connectivity index (χ3v) is 4.58. The maximum atomic E-state index is 13.2. The van der Waals surface area contributed by atoms with Gasteiger partial charge in [-0.1, -0.05) is 42.5 Å². The van der Waals surface area contributed by atoms with E-state index >= 15 is 0 Å². The normalized spacial score (nSPS) is 18.7. The maximum Gasteiger partial charge on any atom is 0.269 e. The molecule has 0 spiro atoms. The van der Waals surface area contributed by atoms with E-state index in [-0.39, 0.29) is 11.5 Å². The molecule has 0 aromatic heterocycles. The lowest BCUT2D eigenvalue weighted by atomic mass is 9.81. The quantitative estimate of drug-likeness (QED) is 0.510. The molecule has 3 aromatic rings. The van der Waals surface area contributed by atoms with Crippen LogP contribution in [0.2, 0.25) is 0 Å². The van der Waals surface area contributed by atoms with E-state index in [9.17, 15) is 14.9 Å². The number of Topliss-reactive ketones (excluding diaryl/α,β-unsaturated/α-hetero) is 1. The molecule has 3 aromatic carbocycles. The SMILES string of the molecule is O=C1c2ccccc2O[C@@H](c2ccc([N+](=O)[O-])cc2)[C@@H]1c1ccccc1. The lowest BCUT2D eigenvalue weighted by molar-refractivity contribution is -0.384. The van der Waals surface area contributed by atoms with Gasteiger partial charge in [0.1, 0.15) is 11.9 Å². The number of nitro benzene ring substituents is 1. The Morgan fingerprint density at radius 2 is 1.46 bits per heavy atom. The van der Waals surface area contributed by atoms with E-state index in [4.69, 9.17) is 4.74 Å². The molecule has 0 aliphatic carbocycles. The molecule has 0 amide bonds. The van der Waals surface area contributed by atoms with Crippen LogP contribution in [0.15, 0.2) is 78.9 Å². The van der Waals surface area contributed by atoms with Gasteiger partial charge in [-0.2, -0.15) is 0 Å². The molecule has 2 atom stereocenters. The van der Waals surface area contributed by atoms with Gasteiger partial charge in [0.2, 0.25) is 0 Å². The van der Waals surface area contributed by atoms with Gasteiger partial charge < -0.3 is 4.74 Å². The molecule has 0 saturated heterocycles. The molecule has 0 N–H and O–H groups in total. The number of ether oxygens (including phenoxy) is 1. The van der Waals surface area contributed by atoms with Gasteiger partial charge in [-0.25, -0.2) is 0 Å². The van der Waals surface area contributed by atoms with Crippen LogP contribution in [0.25, 0.3) is 0 Å². The Hall–Kier alpha value is -3.47. The van der Waals surface area contributed by atoms with E-state index in [1.165, 1.54) is 12.1 Å². The molecular formula is C21H15NO4. The highest BCUT2D eigenvalue weighted by Crippen LogP contribution is 2.43. The van der Waals surface area contributed by atoms with Crippen LogP contribution in [-0.2, 0) is 0 Å². The molecule has 4 rings (SSSR count). The van der Waals surface area contributed by atoms with Crippen molar-refractivity contribution in [3.05, 3.63) is 106 Å². The standard InChI is InChI=1S/C21H15NO4/c23-20-17-8-4-5-9-18(17)26-21(19(20)14-6-2-1-3-7-14)15-10-12-16(13-11-15)22(24)25/h1-13,19,21H/t19-,21+/m1/s1. The van der Waals surface area contributed by atoms with Crippen LogP contribution in [0.5, 0.6) is 5.75 Å². The number of para-hydroxylation sites is 1.